The maximum Gasteiger partial charge on any atom is 0.253 e. The first-order valence-electron chi connectivity index (χ1n) is 6.41. The van der Waals surface area contributed by atoms with Gasteiger partial charge in [-0.3, -0.25) is 14.5 Å². The van der Waals surface area contributed by atoms with Crippen molar-refractivity contribution >= 4 is 40.7 Å². The maximum absolute atomic E-state index is 12.7. The Kier molecular flexibility index (Phi) is 3.98. The number of para-hydroxylation sites is 1. The smallest absolute Gasteiger partial charge is 0.253 e. The number of anilines is 1. The first kappa shape index (κ1) is 15.1. The molecule has 0 saturated carbocycles. The van der Waals surface area contributed by atoms with Crippen LogP contribution in [0, 0.1) is 0 Å². The number of halogens is 2. The highest BCUT2D eigenvalue weighted by Gasteiger charge is 2.46. The fourth-order valence-electron chi connectivity index (χ4n) is 2.24. The molecule has 2 atom stereocenters. The first-order valence-corrected chi connectivity index (χ1v) is 7.17. The number of hydrogen-bond donors (Lipinski definition) is 1. The molecule has 0 radical (unpaired) electrons. The quantitative estimate of drug-likeness (QED) is 0.912. The van der Waals surface area contributed by atoms with E-state index in [1.54, 1.807) is 32.0 Å². The van der Waals surface area contributed by atoms with E-state index in [0.717, 1.165) is 0 Å². The highest BCUT2D eigenvalue weighted by Crippen LogP contribution is 2.37. The van der Waals surface area contributed by atoms with Crippen molar-refractivity contribution < 1.29 is 9.59 Å². The Labute approximate surface area is 128 Å². The molecule has 0 aromatic heterocycles. The molecule has 1 saturated heterocycles. The standard InChI is InChI=1S/C14H16Cl2N2O2/c1-4-14(3)13(20)18(8(2)12(19)17-14)11-9(15)6-5-7-10(11)16/h5-8H,4H2,1-3H3,(H,17,19). The van der Waals surface area contributed by atoms with E-state index in [4.69, 9.17) is 23.2 Å². The van der Waals surface area contributed by atoms with E-state index < -0.39 is 11.6 Å². The number of carbonyl (C=O) groups is 2. The van der Waals surface area contributed by atoms with Crippen molar-refractivity contribution in [2.75, 3.05) is 4.90 Å². The minimum atomic E-state index is -0.938. The van der Waals surface area contributed by atoms with Crippen LogP contribution in [-0.4, -0.2) is 23.4 Å². The number of rotatable bonds is 2. The van der Waals surface area contributed by atoms with Crippen molar-refractivity contribution in [3.8, 4) is 0 Å². The molecule has 0 bridgehead atoms. The van der Waals surface area contributed by atoms with E-state index >= 15 is 0 Å². The largest absolute Gasteiger partial charge is 0.340 e. The average Bonchev–Trinajstić information content (AvgIpc) is 2.40. The van der Waals surface area contributed by atoms with Crippen LogP contribution in [0.25, 0.3) is 0 Å². The topological polar surface area (TPSA) is 49.4 Å². The summed E-state index contributed by atoms with van der Waals surface area (Å²) in [4.78, 5) is 26.3. The van der Waals surface area contributed by atoms with Gasteiger partial charge in [0.2, 0.25) is 5.91 Å². The lowest BCUT2D eigenvalue weighted by Gasteiger charge is -2.43. The van der Waals surface area contributed by atoms with Crippen molar-refractivity contribution in [1.29, 1.82) is 0 Å². The number of amides is 2. The van der Waals surface area contributed by atoms with E-state index in [-0.39, 0.29) is 11.8 Å². The summed E-state index contributed by atoms with van der Waals surface area (Å²) in [6.07, 6.45) is 0.489. The molecule has 1 heterocycles. The molecule has 1 aliphatic rings. The fraction of sp³-hybridized carbons (Fsp3) is 0.429. The molecule has 0 spiro atoms. The number of hydrogen-bond acceptors (Lipinski definition) is 2. The highest BCUT2D eigenvalue weighted by molar-refractivity contribution is 6.40. The summed E-state index contributed by atoms with van der Waals surface area (Å²) in [5.41, 5.74) is -0.547. The molecule has 6 heteroatoms. The Morgan fingerprint density at radius 2 is 1.85 bits per heavy atom. The number of nitrogens with zero attached hydrogens (tertiary/aromatic N) is 1. The van der Waals surface area contributed by atoms with E-state index in [1.807, 2.05) is 6.92 Å². The number of carbonyl (C=O) groups excluding carboxylic acids is 2. The Bertz CT molecular complexity index is 556. The Hall–Kier alpha value is -1.26. The zero-order chi connectivity index (χ0) is 15.1. The molecule has 2 unspecified atom stereocenters. The normalized spacial score (nSPS) is 26.6. The summed E-state index contributed by atoms with van der Waals surface area (Å²) in [6, 6.07) is 4.35. The predicted octanol–water partition coefficient (Wildman–Crippen LogP) is 3.01. The molecule has 2 rings (SSSR count). The van der Waals surface area contributed by atoms with Gasteiger partial charge in [0.05, 0.1) is 15.7 Å². The SMILES string of the molecule is CCC1(C)NC(=O)C(C)N(c2c(Cl)cccc2Cl)C1=O. The van der Waals surface area contributed by atoms with Crippen LogP contribution in [0.1, 0.15) is 27.2 Å². The zero-order valence-electron chi connectivity index (χ0n) is 11.5. The Morgan fingerprint density at radius 3 is 2.35 bits per heavy atom. The Balaban J connectivity index is 2.58. The number of benzene rings is 1. The van der Waals surface area contributed by atoms with Crippen LogP contribution in [0.2, 0.25) is 10.0 Å². The molecule has 4 nitrogen and oxygen atoms in total. The van der Waals surface area contributed by atoms with Crippen molar-refractivity contribution in [3.63, 3.8) is 0 Å². The molecule has 20 heavy (non-hydrogen) atoms. The van der Waals surface area contributed by atoms with Gasteiger partial charge >= 0.3 is 0 Å². The molecule has 108 valence electrons. The molecule has 1 N–H and O–H groups in total. The van der Waals surface area contributed by atoms with Crippen molar-refractivity contribution in [2.24, 2.45) is 0 Å². The highest BCUT2D eigenvalue weighted by atomic mass is 35.5. The van der Waals surface area contributed by atoms with E-state index in [0.29, 0.717) is 22.2 Å². The van der Waals surface area contributed by atoms with Crippen LogP contribution >= 0.6 is 23.2 Å². The summed E-state index contributed by atoms with van der Waals surface area (Å²) < 4.78 is 0. The summed E-state index contributed by atoms with van der Waals surface area (Å²) in [7, 11) is 0. The van der Waals surface area contributed by atoms with Crippen molar-refractivity contribution in [2.45, 2.75) is 38.8 Å². The van der Waals surface area contributed by atoms with E-state index in [1.165, 1.54) is 4.90 Å². The van der Waals surface area contributed by atoms with Gasteiger partial charge in [-0.25, -0.2) is 0 Å². The van der Waals surface area contributed by atoms with Gasteiger partial charge in [0, 0.05) is 0 Å². The molecule has 1 aromatic carbocycles. The van der Waals surface area contributed by atoms with Crippen LogP contribution in [0.3, 0.4) is 0 Å². The summed E-state index contributed by atoms with van der Waals surface area (Å²) in [6.45, 7) is 5.21. The van der Waals surface area contributed by atoms with Crippen LogP contribution < -0.4 is 10.2 Å². The minimum absolute atomic E-state index is 0.206. The summed E-state index contributed by atoms with van der Waals surface area (Å²) in [5.74, 6) is -0.424. The van der Waals surface area contributed by atoms with Gasteiger partial charge in [-0.1, -0.05) is 36.2 Å². The zero-order valence-corrected chi connectivity index (χ0v) is 13.0. The number of piperazine rings is 1. The molecule has 1 fully saturated rings. The maximum atomic E-state index is 12.7. The first-order chi connectivity index (χ1) is 9.31. The van der Waals surface area contributed by atoms with Gasteiger partial charge in [0.25, 0.3) is 5.91 Å². The van der Waals surface area contributed by atoms with Crippen molar-refractivity contribution in [1.82, 2.24) is 5.32 Å². The monoisotopic (exact) mass is 314 g/mol. The lowest BCUT2D eigenvalue weighted by Crippen LogP contribution is -2.68. The predicted molar refractivity (Wildman–Crippen MR) is 80.2 cm³/mol. The van der Waals surface area contributed by atoms with Crippen LogP contribution in [0.5, 0.6) is 0 Å². The molecule has 1 aromatic rings. The number of nitrogens with one attached hydrogen (secondary N) is 1. The Morgan fingerprint density at radius 1 is 1.30 bits per heavy atom. The molecule has 1 aliphatic heterocycles. The van der Waals surface area contributed by atoms with Crippen LogP contribution in [0.15, 0.2) is 18.2 Å². The molecular weight excluding hydrogens is 299 g/mol. The lowest BCUT2D eigenvalue weighted by molar-refractivity contribution is -0.137. The van der Waals surface area contributed by atoms with Gasteiger partial charge < -0.3 is 5.32 Å². The molecule has 2 amide bonds. The van der Waals surface area contributed by atoms with Gasteiger partial charge in [-0.05, 0) is 32.4 Å². The van der Waals surface area contributed by atoms with E-state index in [9.17, 15) is 9.59 Å². The van der Waals surface area contributed by atoms with Crippen LogP contribution in [-0.2, 0) is 9.59 Å². The third-order valence-electron chi connectivity index (χ3n) is 3.74. The third kappa shape index (κ3) is 2.27. The lowest BCUT2D eigenvalue weighted by atomic mass is 9.91. The van der Waals surface area contributed by atoms with E-state index in [2.05, 4.69) is 5.32 Å². The minimum Gasteiger partial charge on any atom is -0.340 e. The van der Waals surface area contributed by atoms with Gasteiger partial charge in [-0.2, -0.15) is 0 Å². The van der Waals surface area contributed by atoms with Gasteiger partial charge in [0.1, 0.15) is 11.6 Å². The second-order valence-electron chi connectivity index (χ2n) is 5.10. The van der Waals surface area contributed by atoms with Gasteiger partial charge in [-0.15, -0.1) is 0 Å². The average molecular weight is 315 g/mol. The molecular formula is C14H16Cl2N2O2. The van der Waals surface area contributed by atoms with Gasteiger partial charge in [0.15, 0.2) is 0 Å². The van der Waals surface area contributed by atoms with Crippen molar-refractivity contribution in [3.05, 3.63) is 28.2 Å². The summed E-state index contributed by atoms with van der Waals surface area (Å²) >= 11 is 12.3. The second kappa shape index (κ2) is 5.26. The second-order valence-corrected chi connectivity index (χ2v) is 5.91. The molecule has 0 aliphatic carbocycles. The fourth-order valence-corrected chi connectivity index (χ4v) is 2.82. The van der Waals surface area contributed by atoms with Crippen LogP contribution in [0.4, 0.5) is 5.69 Å². The third-order valence-corrected chi connectivity index (χ3v) is 4.35. The summed E-state index contributed by atoms with van der Waals surface area (Å²) in [5, 5.41) is 3.47.